The van der Waals surface area contributed by atoms with Gasteiger partial charge < -0.3 is 9.64 Å². The summed E-state index contributed by atoms with van der Waals surface area (Å²) in [6.07, 6.45) is 7.15. The summed E-state index contributed by atoms with van der Waals surface area (Å²) in [7, 11) is 0. The molecule has 0 N–H and O–H groups in total. The molecular weight excluding hydrogens is 240 g/mol. The van der Waals surface area contributed by atoms with Crippen molar-refractivity contribution in [3.8, 4) is 0 Å². The fourth-order valence-electron chi connectivity index (χ4n) is 2.31. The number of hydrogen-bond acceptors (Lipinski definition) is 3. The second-order valence-corrected chi connectivity index (χ2v) is 5.36. The molecule has 1 heterocycles. The molecule has 0 spiro atoms. The number of piperazine rings is 1. The molecule has 4 heteroatoms. The molecule has 0 aliphatic carbocycles. The number of rotatable bonds is 8. The number of amides is 1. The van der Waals surface area contributed by atoms with Gasteiger partial charge in [-0.15, -0.1) is 0 Å². The van der Waals surface area contributed by atoms with Crippen molar-refractivity contribution in [1.82, 2.24) is 9.80 Å². The zero-order chi connectivity index (χ0) is 13.9. The van der Waals surface area contributed by atoms with Crippen molar-refractivity contribution in [1.29, 1.82) is 0 Å². The van der Waals surface area contributed by atoms with E-state index < -0.39 is 0 Å². The Kier molecular flexibility index (Phi) is 8.63. The Labute approximate surface area is 118 Å². The SMILES string of the molecule is CCCCCCN1CCN(C(=O)OCCCC)CC1. The highest BCUT2D eigenvalue weighted by Gasteiger charge is 2.21. The highest BCUT2D eigenvalue weighted by atomic mass is 16.6. The standard InChI is InChI=1S/C15H30N2O2/c1-3-5-7-8-9-16-10-12-17(13-11-16)15(18)19-14-6-4-2/h3-14H2,1-2H3. The quantitative estimate of drug-likeness (QED) is 0.635. The van der Waals surface area contributed by atoms with Gasteiger partial charge in [-0.05, 0) is 19.4 Å². The third kappa shape index (κ3) is 6.81. The topological polar surface area (TPSA) is 32.8 Å². The summed E-state index contributed by atoms with van der Waals surface area (Å²) < 4.78 is 5.24. The molecule has 112 valence electrons. The van der Waals surface area contributed by atoms with Crippen molar-refractivity contribution in [3.63, 3.8) is 0 Å². The number of ether oxygens (including phenoxy) is 1. The van der Waals surface area contributed by atoms with Crippen LogP contribution in [0.3, 0.4) is 0 Å². The van der Waals surface area contributed by atoms with E-state index in [0.29, 0.717) is 6.61 Å². The predicted octanol–water partition coefficient (Wildman–Crippen LogP) is 3.12. The van der Waals surface area contributed by atoms with E-state index in [-0.39, 0.29) is 6.09 Å². The van der Waals surface area contributed by atoms with E-state index in [4.69, 9.17) is 4.74 Å². The summed E-state index contributed by atoms with van der Waals surface area (Å²) >= 11 is 0. The molecule has 0 saturated carbocycles. The van der Waals surface area contributed by atoms with Gasteiger partial charge in [-0.25, -0.2) is 4.79 Å². The minimum atomic E-state index is -0.126. The molecule has 0 aromatic heterocycles. The summed E-state index contributed by atoms with van der Waals surface area (Å²) in [6, 6.07) is 0. The van der Waals surface area contributed by atoms with E-state index in [0.717, 1.165) is 39.0 Å². The zero-order valence-electron chi connectivity index (χ0n) is 12.7. The van der Waals surface area contributed by atoms with Crippen molar-refractivity contribution in [2.75, 3.05) is 39.3 Å². The molecule has 1 amide bonds. The molecule has 4 nitrogen and oxygen atoms in total. The van der Waals surface area contributed by atoms with Gasteiger partial charge in [-0.1, -0.05) is 39.5 Å². The second kappa shape index (κ2) is 10.1. The lowest BCUT2D eigenvalue weighted by atomic mass is 10.2. The van der Waals surface area contributed by atoms with E-state index in [1.807, 2.05) is 4.90 Å². The maximum atomic E-state index is 11.8. The number of carbonyl (C=O) groups is 1. The molecule has 19 heavy (non-hydrogen) atoms. The maximum Gasteiger partial charge on any atom is 0.409 e. The molecule has 1 fully saturated rings. The Bertz CT molecular complexity index is 238. The average Bonchev–Trinajstić information content (AvgIpc) is 2.44. The molecule has 1 aliphatic rings. The molecule has 1 saturated heterocycles. The van der Waals surface area contributed by atoms with Gasteiger partial charge >= 0.3 is 6.09 Å². The Morgan fingerprint density at radius 1 is 0.947 bits per heavy atom. The van der Waals surface area contributed by atoms with E-state index in [9.17, 15) is 4.79 Å². The number of nitrogens with zero attached hydrogens (tertiary/aromatic N) is 2. The molecule has 0 radical (unpaired) electrons. The Morgan fingerprint density at radius 3 is 2.26 bits per heavy atom. The van der Waals surface area contributed by atoms with Gasteiger partial charge in [0.05, 0.1) is 6.61 Å². The molecular formula is C15H30N2O2. The van der Waals surface area contributed by atoms with Crippen molar-refractivity contribution >= 4 is 6.09 Å². The lowest BCUT2D eigenvalue weighted by Gasteiger charge is -2.34. The summed E-state index contributed by atoms with van der Waals surface area (Å²) in [5.74, 6) is 0. The summed E-state index contributed by atoms with van der Waals surface area (Å²) in [4.78, 5) is 16.1. The second-order valence-electron chi connectivity index (χ2n) is 5.36. The van der Waals surface area contributed by atoms with E-state index in [2.05, 4.69) is 18.7 Å². The fraction of sp³-hybridized carbons (Fsp3) is 0.933. The first-order valence-corrected chi connectivity index (χ1v) is 7.92. The fourth-order valence-corrected chi connectivity index (χ4v) is 2.31. The van der Waals surface area contributed by atoms with Crippen LogP contribution in [0, 0.1) is 0 Å². The van der Waals surface area contributed by atoms with Crippen molar-refractivity contribution in [2.24, 2.45) is 0 Å². The first-order chi connectivity index (χ1) is 9.27. The van der Waals surface area contributed by atoms with Crippen LogP contribution in [0.5, 0.6) is 0 Å². The Hall–Kier alpha value is -0.770. The molecule has 0 unspecified atom stereocenters. The van der Waals surface area contributed by atoms with Crippen LogP contribution in [0.1, 0.15) is 52.4 Å². The smallest absolute Gasteiger partial charge is 0.409 e. The van der Waals surface area contributed by atoms with Crippen molar-refractivity contribution < 1.29 is 9.53 Å². The van der Waals surface area contributed by atoms with Gasteiger partial charge in [0.2, 0.25) is 0 Å². The van der Waals surface area contributed by atoms with Crippen LogP contribution >= 0.6 is 0 Å². The third-order valence-corrected chi connectivity index (χ3v) is 3.68. The molecule has 0 bridgehead atoms. The number of hydrogen-bond donors (Lipinski definition) is 0. The monoisotopic (exact) mass is 270 g/mol. The Balaban J connectivity index is 2.09. The zero-order valence-corrected chi connectivity index (χ0v) is 12.7. The van der Waals surface area contributed by atoms with Crippen LogP contribution in [0.4, 0.5) is 4.79 Å². The van der Waals surface area contributed by atoms with Crippen LogP contribution in [0.15, 0.2) is 0 Å². The van der Waals surface area contributed by atoms with Gasteiger partial charge in [-0.2, -0.15) is 0 Å². The highest BCUT2D eigenvalue weighted by molar-refractivity contribution is 5.67. The van der Waals surface area contributed by atoms with E-state index in [1.54, 1.807) is 0 Å². The Morgan fingerprint density at radius 2 is 1.63 bits per heavy atom. The first-order valence-electron chi connectivity index (χ1n) is 7.92. The van der Waals surface area contributed by atoms with Crippen LogP contribution in [0.2, 0.25) is 0 Å². The number of unbranched alkanes of at least 4 members (excludes halogenated alkanes) is 4. The minimum absolute atomic E-state index is 0.126. The van der Waals surface area contributed by atoms with Crippen LogP contribution in [-0.2, 0) is 4.74 Å². The normalized spacial score (nSPS) is 16.6. The molecule has 1 rings (SSSR count). The molecule has 0 aromatic rings. The average molecular weight is 270 g/mol. The van der Waals surface area contributed by atoms with Gasteiger partial charge in [0.25, 0.3) is 0 Å². The van der Waals surface area contributed by atoms with Gasteiger partial charge in [0, 0.05) is 26.2 Å². The van der Waals surface area contributed by atoms with Gasteiger partial charge in [-0.3, -0.25) is 4.90 Å². The first kappa shape index (κ1) is 16.3. The van der Waals surface area contributed by atoms with Crippen LogP contribution in [0.25, 0.3) is 0 Å². The minimum Gasteiger partial charge on any atom is -0.449 e. The molecule has 1 aliphatic heterocycles. The van der Waals surface area contributed by atoms with Crippen LogP contribution in [-0.4, -0.2) is 55.2 Å². The van der Waals surface area contributed by atoms with Crippen molar-refractivity contribution in [3.05, 3.63) is 0 Å². The van der Waals surface area contributed by atoms with E-state index >= 15 is 0 Å². The summed E-state index contributed by atoms with van der Waals surface area (Å²) in [5, 5.41) is 0. The largest absolute Gasteiger partial charge is 0.449 e. The van der Waals surface area contributed by atoms with Gasteiger partial charge in [0.15, 0.2) is 0 Å². The van der Waals surface area contributed by atoms with E-state index in [1.165, 1.54) is 32.2 Å². The summed E-state index contributed by atoms with van der Waals surface area (Å²) in [5.41, 5.74) is 0. The highest BCUT2D eigenvalue weighted by Crippen LogP contribution is 2.07. The molecule has 0 aromatic carbocycles. The molecule has 0 atom stereocenters. The lowest BCUT2D eigenvalue weighted by molar-refractivity contribution is 0.0750. The van der Waals surface area contributed by atoms with Gasteiger partial charge in [0.1, 0.15) is 0 Å². The van der Waals surface area contributed by atoms with Crippen molar-refractivity contribution in [2.45, 2.75) is 52.4 Å². The number of carbonyl (C=O) groups excluding carboxylic acids is 1. The summed E-state index contributed by atoms with van der Waals surface area (Å²) in [6.45, 7) is 9.71. The predicted molar refractivity (Wildman–Crippen MR) is 78.4 cm³/mol. The third-order valence-electron chi connectivity index (χ3n) is 3.68. The van der Waals surface area contributed by atoms with Crippen LogP contribution < -0.4 is 0 Å². The lowest BCUT2D eigenvalue weighted by Crippen LogP contribution is -2.49. The maximum absolute atomic E-state index is 11.8.